The van der Waals surface area contributed by atoms with Gasteiger partial charge < -0.3 is 10.6 Å². The van der Waals surface area contributed by atoms with Gasteiger partial charge in [-0.2, -0.15) is 0 Å². The Morgan fingerprint density at radius 2 is 1.67 bits per heavy atom. The molecule has 1 aromatic heterocycles. The summed E-state index contributed by atoms with van der Waals surface area (Å²) in [5.74, 6) is 0.987. The molecule has 0 unspecified atom stereocenters. The van der Waals surface area contributed by atoms with E-state index in [1.807, 2.05) is 30.3 Å². The standard InChI is InChI=1S/C22H22N4O/c1-14-10-15(2)12-18(11-14)23-20-13-19(22(27)24-17-8-9-17)25-21(26-20)16-6-4-3-5-7-16/h3-7,10-13,17H,8-9H2,1-2H3,(H,24,27)(H,23,25,26). The topological polar surface area (TPSA) is 66.9 Å². The van der Waals surface area contributed by atoms with Gasteiger partial charge in [-0.15, -0.1) is 0 Å². The number of carbonyl (C=O) groups is 1. The number of benzene rings is 2. The second kappa shape index (κ2) is 7.19. The van der Waals surface area contributed by atoms with Crippen LogP contribution >= 0.6 is 0 Å². The molecule has 5 nitrogen and oxygen atoms in total. The molecule has 1 heterocycles. The van der Waals surface area contributed by atoms with Gasteiger partial charge in [0.15, 0.2) is 5.82 Å². The molecule has 0 atom stereocenters. The Balaban J connectivity index is 1.71. The maximum absolute atomic E-state index is 12.6. The van der Waals surface area contributed by atoms with Gasteiger partial charge >= 0.3 is 0 Å². The predicted octanol–water partition coefficient (Wildman–Crippen LogP) is 4.40. The highest BCUT2D eigenvalue weighted by Gasteiger charge is 2.25. The highest BCUT2D eigenvalue weighted by Crippen LogP contribution is 2.23. The normalized spacial score (nSPS) is 13.3. The van der Waals surface area contributed by atoms with Crippen LogP contribution in [0.5, 0.6) is 0 Å². The number of anilines is 2. The fraction of sp³-hybridized carbons (Fsp3) is 0.227. The van der Waals surface area contributed by atoms with Crippen LogP contribution in [0, 0.1) is 13.8 Å². The number of aryl methyl sites for hydroxylation is 2. The van der Waals surface area contributed by atoms with Gasteiger partial charge in [-0.25, -0.2) is 9.97 Å². The van der Waals surface area contributed by atoms with Crippen molar-refractivity contribution in [3.8, 4) is 11.4 Å². The fourth-order valence-electron chi connectivity index (χ4n) is 3.03. The molecule has 1 saturated carbocycles. The van der Waals surface area contributed by atoms with E-state index in [1.165, 1.54) is 11.1 Å². The van der Waals surface area contributed by atoms with Gasteiger partial charge in [-0.05, 0) is 49.9 Å². The summed E-state index contributed by atoms with van der Waals surface area (Å²) in [5.41, 5.74) is 4.53. The molecule has 4 rings (SSSR count). The first kappa shape index (κ1) is 17.2. The predicted molar refractivity (Wildman–Crippen MR) is 107 cm³/mol. The van der Waals surface area contributed by atoms with Crippen LogP contribution in [0.15, 0.2) is 54.6 Å². The van der Waals surface area contributed by atoms with Gasteiger partial charge in [0.1, 0.15) is 11.5 Å². The van der Waals surface area contributed by atoms with Crippen molar-refractivity contribution in [3.05, 3.63) is 71.4 Å². The van der Waals surface area contributed by atoms with E-state index in [2.05, 4.69) is 52.6 Å². The number of rotatable bonds is 5. The summed E-state index contributed by atoms with van der Waals surface area (Å²) in [5, 5.41) is 6.33. The smallest absolute Gasteiger partial charge is 0.270 e. The molecule has 0 bridgehead atoms. The monoisotopic (exact) mass is 358 g/mol. The summed E-state index contributed by atoms with van der Waals surface area (Å²) in [6, 6.07) is 17.9. The van der Waals surface area contributed by atoms with Crippen LogP contribution < -0.4 is 10.6 Å². The van der Waals surface area contributed by atoms with E-state index in [9.17, 15) is 4.79 Å². The Bertz CT molecular complexity index is 961. The Labute approximate surface area is 158 Å². The van der Waals surface area contributed by atoms with Crippen molar-refractivity contribution >= 4 is 17.4 Å². The quantitative estimate of drug-likeness (QED) is 0.709. The Kier molecular flexibility index (Phi) is 4.59. The van der Waals surface area contributed by atoms with Crippen LogP contribution in [-0.4, -0.2) is 21.9 Å². The molecule has 0 radical (unpaired) electrons. The Morgan fingerprint density at radius 1 is 0.963 bits per heavy atom. The van der Waals surface area contributed by atoms with E-state index in [1.54, 1.807) is 6.07 Å². The molecule has 136 valence electrons. The first-order chi connectivity index (χ1) is 13.1. The van der Waals surface area contributed by atoms with Crippen LogP contribution in [0.1, 0.15) is 34.5 Å². The van der Waals surface area contributed by atoms with Crippen LogP contribution in [0.25, 0.3) is 11.4 Å². The van der Waals surface area contributed by atoms with Crippen molar-refractivity contribution in [1.29, 1.82) is 0 Å². The lowest BCUT2D eigenvalue weighted by atomic mass is 10.1. The Hall–Kier alpha value is -3.21. The number of hydrogen-bond donors (Lipinski definition) is 2. The van der Waals surface area contributed by atoms with Crippen LogP contribution in [-0.2, 0) is 0 Å². The average molecular weight is 358 g/mol. The molecule has 2 aromatic carbocycles. The lowest BCUT2D eigenvalue weighted by Gasteiger charge is -2.11. The van der Waals surface area contributed by atoms with E-state index in [0.717, 1.165) is 24.1 Å². The molecule has 1 aliphatic carbocycles. The van der Waals surface area contributed by atoms with Crippen molar-refractivity contribution in [2.45, 2.75) is 32.7 Å². The van der Waals surface area contributed by atoms with Gasteiger partial charge in [0, 0.05) is 23.4 Å². The molecule has 2 N–H and O–H groups in total. The fourth-order valence-corrected chi connectivity index (χ4v) is 3.03. The minimum atomic E-state index is -0.152. The second-order valence-electron chi connectivity index (χ2n) is 7.08. The molecule has 0 saturated heterocycles. The zero-order valence-corrected chi connectivity index (χ0v) is 15.5. The number of carbonyl (C=O) groups excluding carboxylic acids is 1. The first-order valence-corrected chi connectivity index (χ1v) is 9.17. The van der Waals surface area contributed by atoms with Crippen molar-refractivity contribution in [2.24, 2.45) is 0 Å². The van der Waals surface area contributed by atoms with Gasteiger partial charge in [0.25, 0.3) is 5.91 Å². The highest BCUT2D eigenvalue weighted by atomic mass is 16.2. The van der Waals surface area contributed by atoms with Crippen LogP contribution in [0.3, 0.4) is 0 Å². The van der Waals surface area contributed by atoms with Gasteiger partial charge in [-0.3, -0.25) is 4.79 Å². The average Bonchev–Trinajstić information content (AvgIpc) is 3.45. The third-order valence-corrected chi connectivity index (χ3v) is 4.40. The lowest BCUT2D eigenvalue weighted by Crippen LogP contribution is -2.26. The third kappa shape index (κ3) is 4.31. The molecule has 1 aliphatic rings. The molecule has 1 fully saturated rings. The molecule has 0 spiro atoms. The van der Waals surface area contributed by atoms with E-state index < -0.39 is 0 Å². The van der Waals surface area contributed by atoms with Gasteiger partial charge in [0.05, 0.1) is 0 Å². The summed E-state index contributed by atoms with van der Waals surface area (Å²) in [6.07, 6.45) is 2.08. The van der Waals surface area contributed by atoms with E-state index in [0.29, 0.717) is 17.3 Å². The van der Waals surface area contributed by atoms with E-state index in [-0.39, 0.29) is 11.9 Å². The van der Waals surface area contributed by atoms with E-state index >= 15 is 0 Å². The van der Waals surface area contributed by atoms with Crippen molar-refractivity contribution < 1.29 is 4.79 Å². The third-order valence-electron chi connectivity index (χ3n) is 4.40. The van der Waals surface area contributed by atoms with Crippen molar-refractivity contribution in [1.82, 2.24) is 15.3 Å². The number of aromatic nitrogens is 2. The molecule has 1 amide bonds. The summed E-state index contributed by atoms with van der Waals surface area (Å²) < 4.78 is 0. The van der Waals surface area contributed by atoms with E-state index in [4.69, 9.17) is 0 Å². The molecular formula is C22H22N4O. The summed E-state index contributed by atoms with van der Waals surface area (Å²) in [4.78, 5) is 21.7. The molecule has 3 aromatic rings. The van der Waals surface area contributed by atoms with Crippen LogP contribution in [0.4, 0.5) is 11.5 Å². The first-order valence-electron chi connectivity index (χ1n) is 9.17. The second-order valence-corrected chi connectivity index (χ2v) is 7.08. The van der Waals surface area contributed by atoms with Gasteiger partial charge in [0.2, 0.25) is 0 Å². The Morgan fingerprint density at radius 3 is 2.33 bits per heavy atom. The van der Waals surface area contributed by atoms with Gasteiger partial charge in [-0.1, -0.05) is 36.4 Å². The maximum Gasteiger partial charge on any atom is 0.270 e. The largest absolute Gasteiger partial charge is 0.348 e. The minimum Gasteiger partial charge on any atom is -0.348 e. The van der Waals surface area contributed by atoms with Crippen molar-refractivity contribution in [3.63, 3.8) is 0 Å². The number of amides is 1. The van der Waals surface area contributed by atoms with Crippen LogP contribution in [0.2, 0.25) is 0 Å². The summed E-state index contributed by atoms with van der Waals surface area (Å²) >= 11 is 0. The molecule has 27 heavy (non-hydrogen) atoms. The summed E-state index contributed by atoms with van der Waals surface area (Å²) in [7, 11) is 0. The lowest BCUT2D eigenvalue weighted by molar-refractivity contribution is 0.0946. The minimum absolute atomic E-state index is 0.152. The maximum atomic E-state index is 12.6. The SMILES string of the molecule is Cc1cc(C)cc(Nc2cc(C(=O)NC3CC3)nc(-c3ccccc3)n2)c1. The highest BCUT2D eigenvalue weighted by molar-refractivity contribution is 5.94. The number of nitrogens with one attached hydrogen (secondary N) is 2. The molecule has 5 heteroatoms. The zero-order valence-electron chi connectivity index (χ0n) is 15.5. The summed E-state index contributed by atoms with van der Waals surface area (Å²) in [6.45, 7) is 4.12. The van der Waals surface area contributed by atoms with Crippen molar-refractivity contribution in [2.75, 3.05) is 5.32 Å². The molecule has 0 aliphatic heterocycles. The number of nitrogens with zero attached hydrogens (tertiary/aromatic N) is 2. The zero-order chi connectivity index (χ0) is 18.8. The number of hydrogen-bond acceptors (Lipinski definition) is 4. The molecular weight excluding hydrogens is 336 g/mol.